The molecule has 0 amide bonds. The molecule has 2 unspecified atom stereocenters. The van der Waals surface area contributed by atoms with Crippen LogP contribution in [-0.4, -0.2) is 46.5 Å². The molecule has 0 N–H and O–H groups in total. The number of imidazole rings is 1. The van der Waals surface area contributed by atoms with E-state index in [0.717, 1.165) is 4.57 Å². The predicted molar refractivity (Wildman–Crippen MR) is 113 cm³/mol. The molecular formula is C21H24F2N4O5S. The van der Waals surface area contributed by atoms with Gasteiger partial charge in [0.15, 0.2) is 17.7 Å². The molecule has 1 aliphatic heterocycles. The van der Waals surface area contributed by atoms with Gasteiger partial charge in [-0.15, -0.1) is 0 Å². The van der Waals surface area contributed by atoms with E-state index in [-0.39, 0.29) is 40.8 Å². The number of aromatic nitrogens is 3. The molecular weight excluding hydrogens is 458 g/mol. The standard InChI is InChI=1S/C21H24F2N4O5S/c1-12-18(13(2)32-25-12)33(29,30)26-10-6-7-15(11-26)20(28)31-14(3)19-24-16-8-4-5-9-17(16)27(19)21(22)23/h4-5,8-9,14-15,21H,6-7,10-11H2,1-3H3. The number of carbonyl (C=O) groups is 1. The van der Waals surface area contributed by atoms with Crippen LogP contribution in [0.2, 0.25) is 0 Å². The fourth-order valence-corrected chi connectivity index (χ4v) is 6.02. The minimum Gasteiger partial charge on any atom is -0.454 e. The number of esters is 1. The molecule has 0 bridgehead atoms. The molecule has 2 atom stereocenters. The highest BCUT2D eigenvalue weighted by Gasteiger charge is 2.38. The maximum absolute atomic E-state index is 13.7. The van der Waals surface area contributed by atoms with Crippen molar-refractivity contribution in [3.05, 3.63) is 41.5 Å². The molecule has 0 radical (unpaired) electrons. The third-order valence-electron chi connectivity index (χ3n) is 5.76. The number of halogens is 2. The first-order valence-corrected chi connectivity index (χ1v) is 11.9. The Bertz CT molecular complexity index is 1270. The van der Waals surface area contributed by atoms with Crippen LogP contribution in [0.3, 0.4) is 0 Å². The van der Waals surface area contributed by atoms with Gasteiger partial charge >= 0.3 is 12.5 Å². The van der Waals surface area contributed by atoms with Gasteiger partial charge < -0.3 is 9.26 Å². The zero-order valence-corrected chi connectivity index (χ0v) is 19.2. The maximum atomic E-state index is 13.7. The van der Waals surface area contributed by atoms with Crippen LogP contribution in [0.5, 0.6) is 0 Å². The monoisotopic (exact) mass is 482 g/mol. The molecule has 2 aromatic heterocycles. The Kier molecular flexibility index (Phi) is 6.23. The van der Waals surface area contributed by atoms with Gasteiger partial charge in [-0.3, -0.25) is 9.36 Å². The smallest absolute Gasteiger partial charge is 0.320 e. The summed E-state index contributed by atoms with van der Waals surface area (Å²) in [6.45, 7) is 1.82. The van der Waals surface area contributed by atoms with E-state index in [1.54, 1.807) is 18.2 Å². The zero-order chi connectivity index (χ0) is 23.9. The van der Waals surface area contributed by atoms with Gasteiger partial charge in [0.25, 0.3) is 0 Å². The second-order valence-electron chi connectivity index (χ2n) is 8.04. The van der Waals surface area contributed by atoms with Gasteiger partial charge in [-0.25, -0.2) is 13.4 Å². The Hall–Kier alpha value is -2.86. The summed E-state index contributed by atoms with van der Waals surface area (Å²) in [5.74, 6) is -1.29. The molecule has 1 aliphatic rings. The number of sulfonamides is 1. The first kappa shape index (κ1) is 23.3. The summed E-state index contributed by atoms with van der Waals surface area (Å²) in [5.41, 5.74) is 0.849. The fraction of sp³-hybridized carbons (Fsp3) is 0.476. The summed E-state index contributed by atoms with van der Waals surface area (Å²) in [7, 11) is -3.91. The summed E-state index contributed by atoms with van der Waals surface area (Å²) >= 11 is 0. The molecule has 4 rings (SSSR count). The van der Waals surface area contributed by atoms with E-state index in [0.29, 0.717) is 18.4 Å². The van der Waals surface area contributed by atoms with Crippen LogP contribution in [0.1, 0.15) is 49.7 Å². The van der Waals surface area contributed by atoms with Crippen molar-refractivity contribution in [2.24, 2.45) is 5.92 Å². The second-order valence-corrected chi connectivity index (χ2v) is 9.92. The maximum Gasteiger partial charge on any atom is 0.320 e. The summed E-state index contributed by atoms with van der Waals surface area (Å²) in [6.07, 6.45) is -0.176. The lowest BCUT2D eigenvalue weighted by Crippen LogP contribution is -2.43. The van der Waals surface area contributed by atoms with Gasteiger partial charge in [0.05, 0.1) is 17.0 Å². The highest BCUT2D eigenvalue weighted by Crippen LogP contribution is 2.31. The Morgan fingerprint density at radius 3 is 2.67 bits per heavy atom. The van der Waals surface area contributed by atoms with Crippen LogP contribution in [-0.2, 0) is 19.6 Å². The molecule has 0 spiro atoms. The van der Waals surface area contributed by atoms with E-state index in [1.165, 1.54) is 31.1 Å². The van der Waals surface area contributed by atoms with E-state index in [9.17, 15) is 22.0 Å². The lowest BCUT2D eigenvalue weighted by Gasteiger charge is -2.31. The normalized spacial score (nSPS) is 18.7. The topological polar surface area (TPSA) is 108 Å². The minimum absolute atomic E-state index is 0.00413. The number of piperidine rings is 1. The van der Waals surface area contributed by atoms with E-state index in [4.69, 9.17) is 9.26 Å². The number of fused-ring (bicyclic) bond motifs is 1. The molecule has 178 valence electrons. The molecule has 9 nitrogen and oxygen atoms in total. The van der Waals surface area contributed by atoms with E-state index in [2.05, 4.69) is 10.1 Å². The number of benzene rings is 1. The van der Waals surface area contributed by atoms with E-state index in [1.807, 2.05) is 0 Å². The average molecular weight is 483 g/mol. The summed E-state index contributed by atoms with van der Waals surface area (Å²) in [5, 5.41) is 3.70. The van der Waals surface area contributed by atoms with Crippen LogP contribution in [0.15, 0.2) is 33.7 Å². The largest absolute Gasteiger partial charge is 0.454 e. The van der Waals surface area contributed by atoms with Crippen LogP contribution >= 0.6 is 0 Å². The SMILES string of the molecule is Cc1noc(C)c1S(=O)(=O)N1CCCC(C(=O)OC(C)c2nc3ccccc3n2C(F)F)C1. The van der Waals surface area contributed by atoms with Gasteiger partial charge in [-0.2, -0.15) is 13.1 Å². The van der Waals surface area contributed by atoms with Crippen molar-refractivity contribution in [1.82, 2.24) is 19.0 Å². The highest BCUT2D eigenvalue weighted by molar-refractivity contribution is 7.89. The number of alkyl halides is 2. The van der Waals surface area contributed by atoms with Crippen molar-refractivity contribution in [2.45, 2.75) is 51.2 Å². The van der Waals surface area contributed by atoms with Gasteiger partial charge in [-0.1, -0.05) is 17.3 Å². The molecule has 1 fully saturated rings. The molecule has 0 saturated carbocycles. The van der Waals surface area contributed by atoms with Crippen molar-refractivity contribution in [3.8, 4) is 0 Å². The van der Waals surface area contributed by atoms with Crippen LogP contribution < -0.4 is 0 Å². The number of hydrogen-bond acceptors (Lipinski definition) is 7. The summed E-state index contributed by atoms with van der Waals surface area (Å²) in [6, 6.07) is 6.43. The number of carbonyl (C=O) groups excluding carboxylic acids is 1. The van der Waals surface area contributed by atoms with Crippen LogP contribution in [0.4, 0.5) is 8.78 Å². The first-order valence-electron chi connectivity index (χ1n) is 10.5. The second kappa shape index (κ2) is 8.82. The van der Waals surface area contributed by atoms with Crippen molar-refractivity contribution in [2.75, 3.05) is 13.1 Å². The van der Waals surface area contributed by atoms with Crippen LogP contribution in [0.25, 0.3) is 11.0 Å². The Labute approximate surface area is 189 Å². The minimum atomic E-state index is -3.91. The lowest BCUT2D eigenvalue weighted by atomic mass is 10.00. The zero-order valence-electron chi connectivity index (χ0n) is 18.4. The van der Waals surface area contributed by atoms with E-state index < -0.39 is 34.6 Å². The molecule has 1 saturated heterocycles. The number of nitrogens with zero attached hydrogens (tertiary/aromatic N) is 4. The van der Waals surface area contributed by atoms with Crippen LogP contribution in [0, 0.1) is 19.8 Å². The van der Waals surface area contributed by atoms with Crippen molar-refractivity contribution < 1.29 is 31.3 Å². The first-order chi connectivity index (χ1) is 15.6. The van der Waals surface area contributed by atoms with Crippen molar-refractivity contribution >= 4 is 27.0 Å². The lowest BCUT2D eigenvalue weighted by molar-refractivity contribution is -0.155. The summed E-state index contributed by atoms with van der Waals surface area (Å²) < 4.78 is 66.1. The molecule has 3 heterocycles. The van der Waals surface area contributed by atoms with Crippen molar-refractivity contribution in [1.29, 1.82) is 0 Å². The quantitative estimate of drug-likeness (QED) is 0.493. The number of hydrogen-bond donors (Lipinski definition) is 0. The summed E-state index contributed by atoms with van der Waals surface area (Å²) in [4.78, 5) is 17.1. The number of rotatable bonds is 6. The number of ether oxygens (including phenoxy) is 1. The third kappa shape index (κ3) is 4.24. The molecule has 12 heteroatoms. The molecule has 1 aromatic carbocycles. The predicted octanol–water partition coefficient (Wildman–Crippen LogP) is 3.74. The van der Waals surface area contributed by atoms with Crippen molar-refractivity contribution in [3.63, 3.8) is 0 Å². The number of aryl methyl sites for hydroxylation is 2. The third-order valence-corrected chi connectivity index (χ3v) is 7.87. The highest BCUT2D eigenvalue weighted by atomic mass is 32.2. The Morgan fingerprint density at radius 2 is 2.00 bits per heavy atom. The van der Waals surface area contributed by atoms with Gasteiger partial charge in [0.1, 0.15) is 10.6 Å². The Balaban J connectivity index is 1.52. The average Bonchev–Trinajstić information content (AvgIpc) is 3.34. The Morgan fingerprint density at radius 1 is 1.27 bits per heavy atom. The molecule has 0 aliphatic carbocycles. The molecule has 3 aromatic rings. The number of para-hydroxylation sites is 2. The van der Waals surface area contributed by atoms with Gasteiger partial charge in [-0.05, 0) is 45.7 Å². The molecule has 33 heavy (non-hydrogen) atoms. The fourth-order valence-electron chi connectivity index (χ4n) is 4.20. The van der Waals surface area contributed by atoms with E-state index >= 15 is 0 Å². The van der Waals surface area contributed by atoms with Gasteiger partial charge in [0, 0.05) is 13.1 Å². The van der Waals surface area contributed by atoms with Gasteiger partial charge in [0.2, 0.25) is 10.0 Å².